The molecule has 0 aliphatic carbocycles. The fourth-order valence-corrected chi connectivity index (χ4v) is 0.381. The molecular weight excluding hydrogens is 308 g/mol. The fourth-order valence-electron chi connectivity index (χ4n) is 0.381. The predicted molar refractivity (Wildman–Crippen MR) is 42.3 cm³/mol. The molecule has 12 heavy (non-hydrogen) atoms. The largest absolute Gasteiger partial charge is 0.446 e. The monoisotopic (exact) mass is 320 g/mol. The van der Waals surface area contributed by atoms with Gasteiger partial charge in [0.25, 0.3) is 0 Å². The van der Waals surface area contributed by atoms with Gasteiger partial charge in [-0.25, -0.2) is 0 Å². The summed E-state index contributed by atoms with van der Waals surface area (Å²) in [6.45, 7) is 2.48. The first-order valence-electron chi connectivity index (χ1n) is 2.86. The van der Waals surface area contributed by atoms with Crippen molar-refractivity contribution in [1.29, 1.82) is 0 Å². The molecule has 5 nitrogen and oxygen atoms in total. The van der Waals surface area contributed by atoms with Crippen LogP contribution in [-0.2, 0) is 65.4 Å². The maximum atomic E-state index is 5.31. The van der Waals surface area contributed by atoms with Crippen LogP contribution in [0.5, 0.6) is 0 Å². The van der Waals surface area contributed by atoms with Crippen LogP contribution in [-0.4, -0.2) is 18.5 Å². The fraction of sp³-hybridized carbons (Fsp3) is 0.400. The molecule has 64 valence electrons. The second kappa shape index (κ2) is 11.8. The van der Waals surface area contributed by atoms with Crippen molar-refractivity contribution >= 4 is 11.9 Å². The van der Waals surface area contributed by atoms with Crippen LogP contribution in [0, 0.1) is 7.05 Å². The van der Waals surface area contributed by atoms with Crippen LogP contribution in [0.15, 0.2) is 9.98 Å². The van der Waals surface area contributed by atoms with E-state index >= 15 is 0 Å². The molecule has 0 unspecified atom stereocenters. The number of nitrogens with one attached hydrogen (secondary N) is 1. The van der Waals surface area contributed by atoms with Gasteiger partial charge < -0.3 is 21.8 Å². The summed E-state index contributed by atoms with van der Waals surface area (Å²) in [5.74, 6) is 0.419. The summed E-state index contributed by atoms with van der Waals surface area (Å²) in [5, 5.41) is 2.52. The van der Waals surface area contributed by atoms with Crippen LogP contribution in [0.1, 0.15) is 6.92 Å². The molecule has 0 spiro atoms. The Morgan fingerprint density at radius 1 is 1.33 bits per heavy atom. The van der Waals surface area contributed by atoms with E-state index in [1.54, 1.807) is 0 Å². The third-order valence-electron chi connectivity index (χ3n) is 0.755. The minimum Gasteiger partial charge on any atom is -0.446 e. The number of guanidine groups is 2. The Balaban J connectivity index is -0.000000405. The van der Waals surface area contributed by atoms with Crippen LogP contribution in [0.4, 0.5) is 0 Å². The number of nitrogens with two attached hydrogens (primary N) is 2. The van der Waals surface area contributed by atoms with Crippen molar-refractivity contribution < 1.29 is 65.4 Å². The average Bonchev–Trinajstić information content (AvgIpc) is 1.88. The van der Waals surface area contributed by atoms with Crippen LogP contribution < -0.4 is 16.8 Å². The van der Waals surface area contributed by atoms with Crippen molar-refractivity contribution in [2.24, 2.45) is 21.5 Å². The minimum absolute atomic E-state index is 0. The molecule has 0 saturated carbocycles. The van der Waals surface area contributed by atoms with Gasteiger partial charge in [-0.15, -0.1) is 0 Å². The summed E-state index contributed by atoms with van der Waals surface area (Å²) in [6.07, 6.45) is 0. The molecule has 0 heterocycles. The first-order chi connectivity index (χ1) is 4.70. The third-order valence-corrected chi connectivity index (χ3v) is 0.755. The standard InChI is InChI=1S/C5H12N5.2Y/c1-3-9-5(7)10-4(6)8-2;;/h2-3H2,1H3,(H5,6,7,8,9,10);;/q-1;;. The SMILES string of the molecule is [CH2-]N=C(N)NC(N)=NCC.[Y].[Y]. The summed E-state index contributed by atoms with van der Waals surface area (Å²) in [4.78, 5) is 7.19. The molecule has 0 aromatic rings. The molecule has 7 heteroatoms. The maximum absolute atomic E-state index is 5.31. The number of hydrogen-bond donors (Lipinski definition) is 3. The van der Waals surface area contributed by atoms with E-state index in [-0.39, 0.29) is 77.3 Å². The molecular formula is C5H12N5Y2-. The summed E-state index contributed by atoms with van der Waals surface area (Å²) in [6, 6.07) is 0. The quantitative estimate of drug-likeness (QED) is 0.329. The van der Waals surface area contributed by atoms with Crippen molar-refractivity contribution in [2.75, 3.05) is 6.54 Å². The number of hydrogen-bond acceptors (Lipinski definition) is 2. The van der Waals surface area contributed by atoms with Gasteiger partial charge in [0.15, 0.2) is 5.96 Å². The minimum atomic E-state index is 0. The van der Waals surface area contributed by atoms with Gasteiger partial charge in [-0.05, 0) is 6.92 Å². The molecule has 0 bridgehead atoms. The Morgan fingerprint density at radius 3 is 2.17 bits per heavy atom. The third kappa shape index (κ3) is 10.8. The van der Waals surface area contributed by atoms with Gasteiger partial charge in [-0.1, -0.05) is 0 Å². The van der Waals surface area contributed by atoms with Crippen molar-refractivity contribution in [3.05, 3.63) is 7.05 Å². The van der Waals surface area contributed by atoms with Gasteiger partial charge >= 0.3 is 0 Å². The zero-order valence-electron chi connectivity index (χ0n) is 7.12. The van der Waals surface area contributed by atoms with Crippen molar-refractivity contribution in [2.45, 2.75) is 6.92 Å². The van der Waals surface area contributed by atoms with Gasteiger partial charge in [0.1, 0.15) is 0 Å². The van der Waals surface area contributed by atoms with Crippen molar-refractivity contribution in [1.82, 2.24) is 5.32 Å². The molecule has 0 atom stereocenters. The molecule has 0 aromatic heterocycles. The predicted octanol–water partition coefficient (Wildman–Crippen LogP) is -0.988. The summed E-state index contributed by atoms with van der Waals surface area (Å²) in [5.41, 5.74) is 10.5. The van der Waals surface area contributed by atoms with Crippen LogP contribution in [0.3, 0.4) is 0 Å². The van der Waals surface area contributed by atoms with E-state index in [1.165, 1.54) is 0 Å². The van der Waals surface area contributed by atoms with Gasteiger partial charge in [-0.3, -0.25) is 4.99 Å². The van der Waals surface area contributed by atoms with E-state index in [9.17, 15) is 0 Å². The van der Waals surface area contributed by atoms with Crippen molar-refractivity contribution in [3.8, 4) is 0 Å². The van der Waals surface area contributed by atoms with Crippen LogP contribution in [0.25, 0.3) is 0 Å². The molecule has 2 radical (unpaired) electrons. The number of rotatable bonds is 1. The Morgan fingerprint density at radius 2 is 1.83 bits per heavy atom. The molecule has 0 amide bonds. The summed E-state index contributed by atoms with van der Waals surface area (Å²) >= 11 is 0. The zero-order chi connectivity index (χ0) is 7.98. The van der Waals surface area contributed by atoms with Crippen LogP contribution in [0.2, 0.25) is 0 Å². The van der Waals surface area contributed by atoms with Gasteiger partial charge in [0.05, 0.1) is 0 Å². The molecule has 0 aliphatic heterocycles. The molecule has 0 aliphatic rings. The Bertz CT molecular complexity index is 156. The second-order valence-corrected chi connectivity index (χ2v) is 1.53. The van der Waals surface area contributed by atoms with Crippen molar-refractivity contribution in [3.63, 3.8) is 0 Å². The van der Waals surface area contributed by atoms with E-state index < -0.39 is 0 Å². The van der Waals surface area contributed by atoms with E-state index in [0.717, 1.165) is 0 Å². The van der Waals surface area contributed by atoms with E-state index in [2.05, 4.69) is 22.3 Å². The molecule has 5 N–H and O–H groups in total. The molecule has 0 saturated heterocycles. The van der Waals surface area contributed by atoms with Gasteiger partial charge in [-0.2, -0.15) is 7.05 Å². The van der Waals surface area contributed by atoms with E-state index in [0.29, 0.717) is 6.54 Å². The zero-order valence-corrected chi connectivity index (χ0v) is 12.8. The first-order valence-corrected chi connectivity index (χ1v) is 2.86. The molecule has 0 rings (SSSR count). The summed E-state index contributed by atoms with van der Waals surface area (Å²) in [7, 11) is 3.19. The Hall–Kier alpha value is 0.818. The Kier molecular flexibility index (Phi) is 18.3. The molecule has 0 fully saturated rings. The van der Waals surface area contributed by atoms with E-state index in [4.69, 9.17) is 11.5 Å². The first kappa shape index (κ1) is 18.6. The van der Waals surface area contributed by atoms with E-state index in [1.807, 2.05) is 6.92 Å². The smallest absolute Gasteiger partial charge is 0.178 e. The second-order valence-electron chi connectivity index (χ2n) is 1.53. The normalized spacial score (nSPS) is 11.1. The average molecular weight is 320 g/mol. The van der Waals surface area contributed by atoms with Gasteiger partial charge in [0.2, 0.25) is 0 Å². The number of nitrogens with zero attached hydrogens (tertiary/aromatic N) is 2. The molecule has 0 aromatic carbocycles. The maximum Gasteiger partial charge on any atom is 0.178 e. The Labute approximate surface area is 123 Å². The topological polar surface area (TPSA) is 88.8 Å². The van der Waals surface area contributed by atoms with Gasteiger partial charge in [0, 0.05) is 77.9 Å². The van der Waals surface area contributed by atoms with Crippen LogP contribution >= 0.6 is 0 Å². The number of aliphatic imine (C=N–C) groups is 2. The summed E-state index contributed by atoms with van der Waals surface area (Å²) < 4.78 is 0.